The molecule has 0 saturated heterocycles. The number of aryl methyl sites for hydroxylation is 1. The molecule has 1 aromatic rings. The fourth-order valence-corrected chi connectivity index (χ4v) is 1.52. The highest BCUT2D eigenvalue weighted by Gasteiger charge is 1.92. The number of benzene rings is 1. The molecule has 4 nitrogen and oxygen atoms in total. The van der Waals surface area contributed by atoms with Crippen LogP contribution in [-0.4, -0.2) is 39.6 Å². The highest BCUT2D eigenvalue weighted by atomic mass is 16.5. The fourth-order valence-electron chi connectivity index (χ4n) is 1.52. The summed E-state index contributed by atoms with van der Waals surface area (Å²) < 4.78 is 5.26. The van der Waals surface area contributed by atoms with Gasteiger partial charge in [-0.05, 0) is 24.9 Å². The molecule has 0 aliphatic carbocycles. The summed E-state index contributed by atoms with van der Waals surface area (Å²) >= 11 is 0. The second kappa shape index (κ2) is 13.8. The van der Waals surface area contributed by atoms with E-state index in [-0.39, 0.29) is 0 Å². The molecule has 3 N–H and O–H groups in total. The van der Waals surface area contributed by atoms with E-state index in [1.165, 1.54) is 12.0 Å². The Bertz CT molecular complexity index is 268. The minimum absolute atomic E-state index is 0.605. The Morgan fingerprint density at radius 3 is 2.50 bits per heavy atom. The number of carbonyl (C=O) groups excluding carboxylic acids is 1. The van der Waals surface area contributed by atoms with E-state index < -0.39 is 0 Å². The first kappa shape index (κ1) is 16.8. The van der Waals surface area contributed by atoms with Crippen molar-refractivity contribution in [2.24, 2.45) is 5.73 Å². The smallest absolute Gasteiger partial charge is 0.106 e. The van der Waals surface area contributed by atoms with Crippen LogP contribution in [0.1, 0.15) is 12.0 Å². The van der Waals surface area contributed by atoms with Gasteiger partial charge in [0, 0.05) is 13.1 Å². The molecule has 0 bridgehead atoms. The van der Waals surface area contributed by atoms with E-state index in [0.717, 1.165) is 26.1 Å². The quantitative estimate of drug-likeness (QED) is 0.644. The first-order valence-electron chi connectivity index (χ1n) is 6.25. The first-order valence-corrected chi connectivity index (χ1v) is 6.25. The molecule has 0 saturated carbocycles. The molecule has 0 aliphatic heterocycles. The predicted molar refractivity (Wildman–Crippen MR) is 74.6 cm³/mol. The molecule has 1 aromatic carbocycles. The first-order chi connectivity index (χ1) is 8.93. The van der Waals surface area contributed by atoms with Crippen LogP contribution in [0.2, 0.25) is 0 Å². The molecule has 0 fully saturated rings. The van der Waals surface area contributed by atoms with Crippen LogP contribution >= 0.6 is 0 Å². The molecule has 0 spiro atoms. The van der Waals surface area contributed by atoms with Gasteiger partial charge in [-0.25, -0.2) is 0 Å². The van der Waals surface area contributed by atoms with Crippen molar-refractivity contribution in [3.63, 3.8) is 0 Å². The van der Waals surface area contributed by atoms with Gasteiger partial charge in [0.2, 0.25) is 0 Å². The molecule has 0 heterocycles. The van der Waals surface area contributed by atoms with Crippen molar-refractivity contribution in [1.82, 2.24) is 5.32 Å². The summed E-state index contributed by atoms with van der Waals surface area (Å²) in [5.41, 5.74) is 6.72. The van der Waals surface area contributed by atoms with Crippen LogP contribution in [-0.2, 0) is 16.0 Å². The van der Waals surface area contributed by atoms with Crippen LogP contribution in [0.5, 0.6) is 0 Å². The third-order valence-electron chi connectivity index (χ3n) is 2.35. The summed E-state index contributed by atoms with van der Waals surface area (Å²) in [6, 6.07) is 10.6. The number of hydrogen-bond acceptors (Lipinski definition) is 4. The molecule has 0 amide bonds. The summed E-state index contributed by atoms with van der Waals surface area (Å²) in [4.78, 5) is 8.00. The lowest BCUT2D eigenvalue weighted by Crippen LogP contribution is -2.22. The lowest BCUT2D eigenvalue weighted by molar-refractivity contribution is -0.0979. The van der Waals surface area contributed by atoms with Crippen LogP contribution in [0, 0.1) is 0 Å². The lowest BCUT2D eigenvalue weighted by Gasteiger charge is -2.05. The van der Waals surface area contributed by atoms with E-state index >= 15 is 0 Å². The molecule has 0 aliphatic rings. The molecular weight excluding hydrogens is 228 g/mol. The number of ether oxygens (including phenoxy) is 1. The number of rotatable bonds is 9. The lowest BCUT2D eigenvalue weighted by atomic mass is 10.1. The number of hydrogen-bond donors (Lipinski definition) is 2. The third-order valence-corrected chi connectivity index (χ3v) is 2.35. The van der Waals surface area contributed by atoms with Gasteiger partial charge in [-0.15, -0.1) is 0 Å². The van der Waals surface area contributed by atoms with E-state index in [0.29, 0.717) is 13.2 Å². The molecule has 4 heteroatoms. The number of nitrogens with one attached hydrogen (secondary N) is 1. The summed E-state index contributed by atoms with van der Waals surface area (Å²) in [6.45, 7) is 5.97. The van der Waals surface area contributed by atoms with Crippen LogP contribution < -0.4 is 11.1 Å². The Kier molecular flexibility index (Phi) is 12.9. The monoisotopic (exact) mass is 252 g/mol. The van der Waals surface area contributed by atoms with Crippen LogP contribution in [0.4, 0.5) is 0 Å². The molecule has 0 aromatic heterocycles. The van der Waals surface area contributed by atoms with E-state index in [2.05, 4.69) is 35.6 Å². The van der Waals surface area contributed by atoms with Crippen LogP contribution in [0.15, 0.2) is 30.3 Å². The zero-order valence-electron chi connectivity index (χ0n) is 10.9. The molecule has 18 heavy (non-hydrogen) atoms. The summed E-state index contributed by atoms with van der Waals surface area (Å²) in [7, 11) is 0. The van der Waals surface area contributed by atoms with Crippen molar-refractivity contribution < 1.29 is 9.53 Å². The van der Waals surface area contributed by atoms with Crippen LogP contribution in [0.25, 0.3) is 0 Å². The third kappa shape index (κ3) is 9.96. The standard InChI is InChI=1S/C13H22N2O.CH2O/c14-8-11-16-12-10-15-9-4-7-13-5-2-1-3-6-13;1-2/h1-3,5-6,15H,4,7-12,14H2;1H2. The highest BCUT2D eigenvalue weighted by Crippen LogP contribution is 2.01. The number of nitrogens with two attached hydrogens (primary N) is 1. The summed E-state index contributed by atoms with van der Waals surface area (Å²) in [6.07, 6.45) is 2.30. The van der Waals surface area contributed by atoms with E-state index in [1.54, 1.807) is 0 Å². The maximum Gasteiger partial charge on any atom is 0.106 e. The van der Waals surface area contributed by atoms with Gasteiger partial charge in [0.05, 0.1) is 13.2 Å². The van der Waals surface area contributed by atoms with Crippen molar-refractivity contribution in [3.8, 4) is 0 Å². The van der Waals surface area contributed by atoms with Crippen molar-refractivity contribution in [2.45, 2.75) is 12.8 Å². The largest absolute Gasteiger partial charge is 0.379 e. The summed E-state index contributed by atoms with van der Waals surface area (Å²) in [5, 5.41) is 3.35. The van der Waals surface area contributed by atoms with E-state index in [4.69, 9.17) is 15.3 Å². The van der Waals surface area contributed by atoms with Gasteiger partial charge in [0.1, 0.15) is 6.79 Å². The van der Waals surface area contributed by atoms with Crippen molar-refractivity contribution in [2.75, 3.05) is 32.8 Å². The zero-order valence-corrected chi connectivity index (χ0v) is 10.9. The fraction of sp³-hybridized carbons (Fsp3) is 0.500. The van der Waals surface area contributed by atoms with E-state index in [1.807, 2.05) is 6.79 Å². The molecule has 1 rings (SSSR count). The molecule has 102 valence electrons. The zero-order chi connectivity index (χ0) is 13.5. The van der Waals surface area contributed by atoms with E-state index in [9.17, 15) is 0 Å². The Hall–Kier alpha value is -1.23. The maximum absolute atomic E-state index is 8.00. The maximum atomic E-state index is 8.00. The Labute approximate surface area is 110 Å². The van der Waals surface area contributed by atoms with Crippen LogP contribution in [0.3, 0.4) is 0 Å². The van der Waals surface area contributed by atoms with Gasteiger partial charge in [0.25, 0.3) is 0 Å². The van der Waals surface area contributed by atoms with Gasteiger partial charge < -0.3 is 20.6 Å². The molecule has 0 radical (unpaired) electrons. The Morgan fingerprint density at radius 2 is 1.83 bits per heavy atom. The predicted octanol–water partition coefficient (Wildman–Crippen LogP) is 0.999. The Balaban J connectivity index is 0.00000137. The topological polar surface area (TPSA) is 64.4 Å². The second-order valence-corrected chi connectivity index (χ2v) is 3.74. The van der Waals surface area contributed by atoms with Gasteiger partial charge in [-0.3, -0.25) is 0 Å². The van der Waals surface area contributed by atoms with Gasteiger partial charge in [0.15, 0.2) is 0 Å². The normalized spacial score (nSPS) is 9.61. The average Bonchev–Trinajstić information content (AvgIpc) is 2.45. The molecule has 0 atom stereocenters. The van der Waals surface area contributed by atoms with Gasteiger partial charge in [-0.2, -0.15) is 0 Å². The summed E-state index contributed by atoms with van der Waals surface area (Å²) in [5.74, 6) is 0. The minimum Gasteiger partial charge on any atom is -0.379 e. The van der Waals surface area contributed by atoms with Crippen molar-refractivity contribution in [3.05, 3.63) is 35.9 Å². The minimum atomic E-state index is 0.605. The van der Waals surface area contributed by atoms with Crippen molar-refractivity contribution >= 4 is 6.79 Å². The molecular formula is C14H24N2O2. The van der Waals surface area contributed by atoms with Gasteiger partial charge in [-0.1, -0.05) is 30.3 Å². The average molecular weight is 252 g/mol. The van der Waals surface area contributed by atoms with Gasteiger partial charge >= 0.3 is 0 Å². The molecule has 0 unspecified atom stereocenters. The number of carbonyl (C=O) groups is 1. The van der Waals surface area contributed by atoms with Crippen molar-refractivity contribution in [1.29, 1.82) is 0 Å². The second-order valence-electron chi connectivity index (χ2n) is 3.74. The Morgan fingerprint density at radius 1 is 1.11 bits per heavy atom. The highest BCUT2D eigenvalue weighted by molar-refractivity contribution is 5.14. The SMILES string of the molecule is C=O.NCCOCCNCCCc1ccccc1.